The molecule has 0 aliphatic rings. The molecule has 6 nitrogen and oxygen atoms in total. The Morgan fingerprint density at radius 2 is 1.88 bits per heavy atom. The van der Waals surface area contributed by atoms with Gasteiger partial charge in [0.25, 0.3) is 0 Å². The number of anilines is 2. The van der Waals surface area contributed by atoms with Crippen molar-refractivity contribution in [3.05, 3.63) is 24.3 Å². The van der Waals surface area contributed by atoms with Crippen molar-refractivity contribution in [3.63, 3.8) is 0 Å². The van der Waals surface area contributed by atoms with Crippen LogP contribution in [0.2, 0.25) is 0 Å². The highest BCUT2D eigenvalue weighted by Crippen LogP contribution is 2.18. The minimum absolute atomic E-state index is 0.139. The van der Waals surface area contributed by atoms with Crippen molar-refractivity contribution in [3.8, 4) is 0 Å². The van der Waals surface area contributed by atoms with Gasteiger partial charge in [0.1, 0.15) is 5.78 Å². The lowest BCUT2D eigenvalue weighted by molar-refractivity contribution is -0.124. The second kappa shape index (κ2) is 10.1. The summed E-state index contributed by atoms with van der Waals surface area (Å²) in [6.45, 7) is 3.44. The number of benzene rings is 1. The quantitative estimate of drug-likeness (QED) is 0.525. The highest BCUT2D eigenvalue weighted by atomic mass is 32.2. The van der Waals surface area contributed by atoms with Gasteiger partial charge in [0.2, 0.25) is 11.8 Å². The number of carbonyl (C=O) groups excluding carboxylic acids is 3. The summed E-state index contributed by atoms with van der Waals surface area (Å²) in [5.41, 5.74) is 7.22. The summed E-state index contributed by atoms with van der Waals surface area (Å²) in [6.07, 6.45) is 0.492. The SMILES string of the molecule is CCSCC[C@H](N)C(=O)N(C)c1ccc(NC(=O)CC(C)=O)cc1. The number of amides is 2. The van der Waals surface area contributed by atoms with Crippen LogP contribution in [0.25, 0.3) is 0 Å². The van der Waals surface area contributed by atoms with Crippen molar-refractivity contribution >= 4 is 40.7 Å². The van der Waals surface area contributed by atoms with Crippen LogP contribution in [0.15, 0.2) is 24.3 Å². The summed E-state index contributed by atoms with van der Waals surface area (Å²) in [4.78, 5) is 36.3. The normalized spacial score (nSPS) is 11.7. The first-order valence-electron chi connectivity index (χ1n) is 7.85. The maximum atomic E-state index is 12.3. The van der Waals surface area contributed by atoms with Crippen LogP contribution in [0, 0.1) is 0 Å². The van der Waals surface area contributed by atoms with Crippen molar-refractivity contribution in [2.24, 2.45) is 5.73 Å². The Morgan fingerprint density at radius 3 is 2.42 bits per heavy atom. The molecule has 24 heavy (non-hydrogen) atoms. The topological polar surface area (TPSA) is 92.5 Å². The van der Waals surface area contributed by atoms with Crippen molar-refractivity contribution in [2.75, 3.05) is 28.8 Å². The fourth-order valence-electron chi connectivity index (χ4n) is 2.05. The Morgan fingerprint density at radius 1 is 1.25 bits per heavy atom. The Balaban J connectivity index is 2.62. The summed E-state index contributed by atoms with van der Waals surface area (Å²) in [5, 5.41) is 2.64. The van der Waals surface area contributed by atoms with Gasteiger partial charge in [0.15, 0.2) is 0 Å². The molecule has 0 unspecified atom stereocenters. The predicted molar refractivity (Wildman–Crippen MR) is 99.4 cm³/mol. The van der Waals surface area contributed by atoms with Gasteiger partial charge in [0, 0.05) is 18.4 Å². The maximum absolute atomic E-state index is 12.3. The van der Waals surface area contributed by atoms with E-state index < -0.39 is 6.04 Å². The van der Waals surface area contributed by atoms with Gasteiger partial charge in [-0.25, -0.2) is 0 Å². The summed E-state index contributed by atoms with van der Waals surface area (Å²) >= 11 is 1.76. The highest BCUT2D eigenvalue weighted by molar-refractivity contribution is 7.99. The van der Waals surface area contributed by atoms with Gasteiger partial charge in [-0.2, -0.15) is 11.8 Å². The summed E-state index contributed by atoms with van der Waals surface area (Å²) in [7, 11) is 1.68. The number of nitrogens with zero attached hydrogens (tertiary/aromatic N) is 1. The zero-order valence-electron chi connectivity index (χ0n) is 14.4. The van der Waals surface area contributed by atoms with E-state index in [1.54, 1.807) is 43.1 Å². The first-order valence-corrected chi connectivity index (χ1v) is 9.00. The Kier molecular flexibility index (Phi) is 8.49. The van der Waals surface area contributed by atoms with Crippen molar-refractivity contribution in [1.29, 1.82) is 0 Å². The highest BCUT2D eigenvalue weighted by Gasteiger charge is 2.19. The number of thioether (sulfide) groups is 1. The fourth-order valence-corrected chi connectivity index (χ4v) is 2.76. The number of rotatable bonds is 9. The third-order valence-corrected chi connectivity index (χ3v) is 4.31. The van der Waals surface area contributed by atoms with Gasteiger partial charge in [-0.3, -0.25) is 14.4 Å². The molecule has 0 aliphatic heterocycles. The van der Waals surface area contributed by atoms with E-state index in [0.29, 0.717) is 17.8 Å². The molecule has 1 atom stereocenters. The summed E-state index contributed by atoms with van der Waals surface area (Å²) < 4.78 is 0. The van der Waals surface area contributed by atoms with Crippen molar-refractivity contribution in [2.45, 2.75) is 32.7 Å². The molecule has 0 saturated carbocycles. The average molecular weight is 351 g/mol. The van der Waals surface area contributed by atoms with Crippen LogP contribution in [0.5, 0.6) is 0 Å². The van der Waals surface area contributed by atoms with Crippen LogP contribution < -0.4 is 16.0 Å². The van der Waals surface area contributed by atoms with E-state index in [-0.39, 0.29) is 24.0 Å². The second-order valence-corrected chi connectivity index (χ2v) is 6.86. The molecule has 0 aromatic heterocycles. The van der Waals surface area contributed by atoms with Gasteiger partial charge < -0.3 is 16.0 Å². The number of hydrogen-bond acceptors (Lipinski definition) is 5. The molecular weight excluding hydrogens is 326 g/mol. The largest absolute Gasteiger partial charge is 0.326 e. The molecule has 2 amide bonds. The maximum Gasteiger partial charge on any atom is 0.243 e. The number of likely N-dealkylation sites (N-methyl/N-ethyl adjacent to an activating group) is 1. The molecule has 0 radical (unpaired) electrons. The molecule has 132 valence electrons. The Bertz CT molecular complexity index is 575. The molecule has 1 aromatic carbocycles. The second-order valence-electron chi connectivity index (χ2n) is 5.46. The lowest BCUT2D eigenvalue weighted by atomic mass is 10.2. The molecule has 0 bridgehead atoms. The fraction of sp³-hybridized carbons (Fsp3) is 0.471. The predicted octanol–water partition coefficient (Wildman–Crippen LogP) is 2.04. The lowest BCUT2D eigenvalue weighted by Crippen LogP contribution is -2.42. The van der Waals surface area contributed by atoms with Gasteiger partial charge in [0.05, 0.1) is 12.5 Å². The molecule has 0 spiro atoms. The number of carbonyl (C=O) groups is 3. The van der Waals surface area contributed by atoms with Gasteiger partial charge in [-0.05, 0) is 49.1 Å². The van der Waals surface area contributed by atoms with E-state index >= 15 is 0 Å². The first-order chi connectivity index (χ1) is 11.3. The average Bonchev–Trinajstić information content (AvgIpc) is 2.53. The van der Waals surface area contributed by atoms with Gasteiger partial charge in [-0.15, -0.1) is 0 Å². The minimum Gasteiger partial charge on any atom is -0.326 e. The number of ketones is 1. The van der Waals surface area contributed by atoms with E-state index in [9.17, 15) is 14.4 Å². The molecule has 3 N–H and O–H groups in total. The molecule has 0 heterocycles. The van der Waals surface area contributed by atoms with Crippen LogP contribution in [0.4, 0.5) is 11.4 Å². The minimum atomic E-state index is -0.524. The molecule has 7 heteroatoms. The lowest BCUT2D eigenvalue weighted by Gasteiger charge is -2.21. The zero-order chi connectivity index (χ0) is 18.1. The van der Waals surface area contributed by atoms with Crippen LogP contribution in [-0.4, -0.2) is 42.2 Å². The van der Waals surface area contributed by atoms with E-state index in [0.717, 1.165) is 11.5 Å². The van der Waals surface area contributed by atoms with E-state index in [4.69, 9.17) is 5.73 Å². The smallest absolute Gasteiger partial charge is 0.243 e. The first kappa shape index (κ1) is 20.2. The molecular formula is C17H25N3O3S. The molecule has 0 aliphatic carbocycles. The molecule has 0 fully saturated rings. The summed E-state index contributed by atoms with van der Waals surface area (Å²) in [6, 6.07) is 6.32. The number of hydrogen-bond donors (Lipinski definition) is 2. The van der Waals surface area contributed by atoms with Gasteiger partial charge in [-0.1, -0.05) is 6.92 Å². The molecule has 1 aromatic rings. The van der Waals surface area contributed by atoms with E-state index in [2.05, 4.69) is 12.2 Å². The van der Waals surface area contributed by atoms with Crippen LogP contribution in [0.3, 0.4) is 0 Å². The molecule has 0 saturated heterocycles. The Labute approximate surface area is 147 Å². The van der Waals surface area contributed by atoms with Crippen molar-refractivity contribution < 1.29 is 14.4 Å². The van der Waals surface area contributed by atoms with Gasteiger partial charge >= 0.3 is 0 Å². The zero-order valence-corrected chi connectivity index (χ0v) is 15.2. The number of nitrogens with one attached hydrogen (secondary N) is 1. The van der Waals surface area contributed by atoms with Crippen molar-refractivity contribution in [1.82, 2.24) is 0 Å². The number of Topliss-reactive ketones (excluding diaryl/α,β-unsaturated/α-hetero) is 1. The monoisotopic (exact) mass is 351 g/mol. The van der Waals surface area contributed by atoms with Crippen LogP contribution >= 0.6 is 11.8 Å². The number of nitrogens with two attached hydrogens (primary N) is 1. The third kappa shape index (κ3) is 6.72. The van der Waals surface area contributed by atoms with E-state index in [1.165, 1.54) is 11.8 Å². The van der Waals surface area contributed by atoms with Crippen LogP contribution in [-0.2, 0) is 14.4 Å². The summed E-state index contributed by atoms with van der Waals surface area (Å²) in [5.74, 6) is 1.19. The van der Waals surface area contributed by atoms with Crippen LogP contribution in [0.1, 0.15) is 26.7 Å². The molecule has 1 rings (SSSR count). The standard InChI is InChI=1S/C17H25N3O3S/c1-4-24-10-9-15(18)17(23)20(3)14-7-5-13(6-8-14)19-16(22)11-12(2)21/h5-8,15H,4,9-11,18H2,1-3H3,(H,19,22)/t15-/m0/s1. The Hall–Kier alpha value is -1.86. The van der Waals surface area contributed by atoms with E-state index in [1.807, 2.05) is 0 Å². The third-order valence-electron chi connectivity index (χ3n) is 3.37.